The summed E-state index contributed by atoms with van der Waals surface area (Å²) in [6.07, 6.45) is 1.23. The van der Waals surface area contributed by atoms with E-state index >= 15 is 0 Å². The fourth-order valence-corrected chi connectivity index (χ4v) is 1.58. The van der Waals surface area contributed by atoms with Gasteiger partial charge in [-0.15, -0.1) is 0 Å². The Morgan fingerprint density at radius 2 is 2.36 bits per heavy atom. The minimum Gasteiger partial charge on any atom is -0.325 e. The van der Waals surface area contributed by atoms with Crippen LogP contribution < -0.4 is 11.1 Å². The quantitative estimate of drug-likeness (QED) is 0.623. The first-order chi connectivity index (χ1) is 5.22. The smallest absolute Gasteiger partial charge is 0.119 e. The molecule has 3 heteroatoms. The Labute approximate surface area is 67.3 Å². The molecular formula is C8H17FN2. The van der Waals surface area contributed by atoms with Crippen molar-refractivity contribution in [2.45, 2.75) is 32.0 Å². The summed E-state index contributed by atoms with van der Waals surface area (Å²) in [4.78, 5) is 0. The van der Waals surface area contributed by atoms with Gasteiger partial charge in [-0.25, -0.2) is 4.39 Å². The highest BCUT2D eigenvalue weighted by molar-refractivity contribution is 4.80. The van der Waals surface area contributed by atoms with Crippen LogP contribution in [-0.4, -0.2) is 25.3 Å². The van der Waals surface area contributed by atoms with E-state index in [4.69, 9.17) is 5.73 Å². The van der Waals surface area contributed by atoms with Crippen LogP contribution in [0.15, 0.2) is 0 Å². The fraction of sp³-hybridized carbons (Fsp3) is 1.00. The van der Waals surface area contributed by atoms with Gasteiger partial charge in [0.1, 0.15) is 6.17 Å². The summed E-state index contributed by atoms with van der Waals surface area (Å²) in [5, 5.41) is 3.18. The summed E-state index contributed by atoms with van der Waals surface area (Å²) in [6.45, 7) is 3.56. The number of hydrogen-bond donors (Lipinski definition) is 2. The molecule has 1 aliphatic heterocycles. The number of nitrogens with two attached hydrogens (primary N) is 1. The second-order valence-corrected chi connectivity index (χ2v) is 3.41. The molecule has 2 nitrogen and oxygen atoms in total. The summed E-state index contributed by atoms with van der Waals surface area (Å²) in [5.74, 6) is 0.142. The normalized spacial score (nSPS) is 31.4. The lowest BCUT2D eigenvalue weighted by Gasteiger charge is -2.27. The number of nitrogens with one attached hydrogen (secondary N) is 1. The average Bonchev–Trinajstić information content (AvgIpc) is 2.05. The zero-order chi connectivity index (χ0) is 8.27. The van der Waals surface area contributed by atoms with E-state index in [1.165, 1.54) is 0 Å². The van der Waals surface area contributed by atoms with Crippen molar-refractivity contribution in [3.8, 4) is 0 Å². The standard InChI is InChI=1S/C8H17FN2/c1-6(10)8(9)7-3-2-4-11-5-7/h6-8,11H,2-5,10H2,1H3. The molecule has 66 valence electrons. The summed E-state index contributed by atoms with van der Waals surface area (Å²) in [5.41, 5.74) is 5.46. The first kappa shape index (κ1) is 8.94. The van der Waals surface area contributed by atoms with Gasteiger partial charge in [0.2, 0.25) is 0 Å². The lowest BCUT2D eigenvalue weighted by Crippen LogP contribution is -2.42. The molecule has 0 saturated carbocycles. The first-order valence-corrected chi connectivity index (χ1v) is 4.32. The van der Waals surface area contributed by atoms with Crippen LogP contribution in [0.4, 0.5) is 4.39 Å². The number of hydrogen-bond acceptors (Lipinski definition) is 2. The van der Waals surface area contributed by atoms with Gasteiger partial charge in [0.25, 0.3) is 0 Å². The van der Waals surface area contributed by atoms with Gasteiger partial charge in [-0.05, 0) is 26.3 Å². The van der Waals surface area contributed by atoms with E-state index in [0.29, 0.717) is 0 Å². The number of rotatable bonds is 2. The van der Waals surface area contributed by atoms with Crippen LogP contribution in [0.25, 0.3) is 0 Å². The van der Waals surface area contributed by atoms with Crippen molar-refractivity contribution in [3.05, 3.63) is 0 Å². The molecule has 0 aromatic carbocycles. The number of alkyl halides is 1. The Morgan fingerprint density at radius 1 is 1.64 bits per heavy atom. The topological polar surface area (TPSA) is 38.0 Å². The predicted octanol–water partition coefficient (Wildman–Crippen LogP) is 0.671. The molecule has 11 heavy (non-hydrogen) atoms. The highest BCUT2D eigenvalue weighted by Gasteiger charge is 2.25. The lowest BCUT2D eigenvalue weighted by molar-refractivity contribution is 0.168. The predicted molar refractivity (Wildman–Crippen MR) is 44.1 cm³/mol. The molecule has 0 aliphatic carbocycles. The van der Waals surface area contributed by atoms with Crippen LogP contribution in [0.2, 0.25) is 0 Å². The van der Waals surface area contributed by atoms with Crippen molar-refractivity contribution in [2.24, 2.45) is 11.7 Å². The Morgan fingerprint density at radius 3 is 2.82 bits per heavy atom. The largest absolute Gasteiger partial charge is 0.325 e. The summed E-state index contributed by atoms with van der Waals surface area (Å²) in [7, 11) is 0. The minimum atomic E-state index is -0.831. The molecule has 1 fully saturated rings. The van der Waals surface area contributed by atoms with Gasteiger partial charge < -0.3 is 11.1 Å². The van der Waals surface area contributed by atoms with Crippen LogP contribution in [0, 0.1) is 5.92 Å². The van der Waals surface area contributed by atoms with Crippen molar-refractivity contribution >= 4 is 0 Å². The van der Waals surface area contributed by atoms with Gasteiger partial charge in [-0.3, -0.25) is 0 Å². The molecule has 1 aliphatic rings. The fourth-order valence-electron chi connectivity index (χ4n) is 1.58. The van der Waals surface area contributed by atoms with Gasteiger partial charge in [0.05, 0.1) is 0 Å². The van der Waals surface area contributed by atoms with Gasteiger partial charge in [0.15, 0.2) is 0 Å². The Balaban J connectivity index is 2.32. The molecule has 3 unspecified atom stereocenters. The molecule has 1 heterocycles. The van der Waals surface area contributed by atoms with E-state index in [9.17, 15) is 4.39 Å². The van der Waals surface area contributed by atoms with E-state index in [2.05, 4.69) is 5.32 Å². The minimum absolute atomic E-state index is 0.142. The summed E-state index contributed by atoms with van der Waals surface area (Å²) in [6, 6.07) is -0.320. The van der Waals surface area contributed by atoms with E-state index < -0.39 is 6.17 Å². The van der Waals surface area contributed by atoms with Crippen molar-refractivity contribution < 1.29 is 4.39 Å². The van der Waals surface area contributed by atoms with Gasteiger partial charge in [0, 0.05) is 18.5 Å². The zero-order valence-corrected chi connectivity index (χ0v) is 7.02. The van der Waals surface area contributed by atoms with Crippen LogP contribution in [0.3, 0.4) is 0 Å². The molecule has 0 spiro atoms. The maximum absolute atomic E-state index is 13.2. The third-order valence-electron chi connectivity index (χ3n) is 2.29. The third-order valence-corrected chi connectivity index (χ3v) is 2.29. The molecule has 0 aromatic heterocycles. The Hall–Kier alpha value is -0.150. The maximum atomic E-state index is 13.2. The molecule has 0 radical (unpaired) electrons. The molecule has 3 N–H and O–H groups in total. The van der Waals surface area contributed by atoms with Crippen molar-refractivity contribution in [2.75, 3.05) is 13.1 Å². The summed E-state index contributed by atoms with van der Waals surface area (Å²) < 4.78 is 13.2. The molecule has 3 atom stereocenters. The second kappa shape index (κ2) is 4.02. The van der Waals surface area contributed by atoms with Crippen LogP contribution in [0.1, 0.15) is 19.8 Å². The Kier molecular flexibility index (Phi) is 3.27. The highest BCUT2D eigenvalue weighted by atomic mass is 19.1. The van der Waals surface area contributed by atoms with Crippen LogP contribution in [-0.2, 0) is 0 Å². The van der Waals surface area contributed by atoms with Crippen molar-refractivity contribution in [1.82, 2.24) is 5.32 Å². The van der Waals surface area contributed by atoms with E-state index in [-0.39, 0.29) is 12.0 Å². The molecule has 1 rings (SSSR count). The molecule has 1 saturated heterocycles. The molecule has 0 bridgehead atoms. The molecular weight excluding hydrogens is 143 g/mol. The monoisotopic (exact) mass is 160 g/mol. The van der Waals surface area contributed by atoms with Gasteiger partial charge in [-0.1, -0.05) is 0 Å². The number of halogens is 1. The third kappa shape index (κ3) is 2.42. The zero-order valence-electron chi connectivity index (χ0n) is 7.02. The van der Waals surface area contributed by atoms with Crippen LogP contribution >= 0.6 is 0 Å². The van der Waals surface area contributed by atoms with Gasteiger partial charge in [-0.2, -0.15) is 0 Å². The maximum Gasteiger partial charge on any atom is 0.119 e. The lowest BCUT2D eigenvalue weighted by atomic mass is 9.91. The highest BCUT2D eigenvalue weighted by Crippen LogP contribution is 2.18. The van der Waals surface area contributed by atoms with E-state index in [1.54, 1.807) is 6.92 Å². The van der Waals surface area contributed by atoms with Crippen LogP contribution in [0.5, 0.6) is 0 Å². The summed E-state index contributed by atoms with van der Waals surface area (Å²) >= 11 is 0. The molecule has 0 amide bonds. The van der Waals surface area contributed by atoms with Crippen molar-refractivity contribution in [1.29, 1.82) is 0 Å². The first-order valence-electron chi connectivity index (χ1n) is 4.32. The van der Waals surface area contributed by atoms with E-state index in [1.807, 2.05) is 0 Å². The Bertz CT molecular complexity index is 111. The van der Waals surface area contributed by atoms with Gasteiger partial charge >= 0.3 is 0 Å². The molecule has 0 aromatic rings. The number of piperidine rings is 1. The second-order valence-electron chi connectivity index (χ2n) is 3.41. The SMILES string of the molecule is CC(N)C(F)C1CCCNC1. The average molecular weight is 160 g/mol. The van der Waals surface area contributed by atoms with Crippen molar-refractivity contribution in [3.63, 3.8) is 0 Å². The van der Waals surface area contributed by atoms with E-state index in [0.717, 1.165) is 25.9 Å².